The largest absolute Gasteiger partial charge is 0.353 e. The van der Waals surface area contributed by atoms with Crippen molar-refractivity contribution in [3.05, 3.63) is 0 Å². The average molecular weight is 202 g/mol. The van der Waals surface area contributed by atoms with Crippen LogP contribution in [0.3, 0.4) is 0 Å². The zero-order valence-electron chi connectivity index (χ0n) is 9.65. The first-order valence-corrected chi connectivity index (χ1v) is 5.55. The van der Waals surface area contributed by atoms with Crippen molar-refractivity contribution in [3.8, 4) is 0 Å². The Bertz CT molecular complexity index is 169. The molecule has 0 bridgehead atoms. The van der Waals surface area contributed by atoms with Crippen LogP contribution in [0.25, 0.3) is 0 Å². The van der Waals surface area contributed by atoms with E-state index in [1.807, 2.05) is 0 Å². The third-order valence-electron chi connectivity index (χ3n) is 2.67. The van der Waals surface area contributed by atoms with Gasteiger partial charge in [0, 0.05) is 0 Å². The molecule has 1 rings (SSSR count). The number of rotatable bonds is 3. The van der Waals surface area contributed by atoms with Gasteiger partial charge < -0.3 is 9.94 Å². The standard InChI is InChI=1S/C11H23NO2/c1-10(2,3)9-14-11(12-13)7-5-4-6-8-11/h12-13H,4-9H2,1-3H3/p+1. The summed E-state index contributed by atoms with van der Waals surface area (Å²) in [6, 6.07) is 0. The first-order valence-electron chi connectivity index (χ1n) is 5.55. The zero-order chi connectivity index (χ0) is 10.7. The van der Waals surface area contributed by atoms with Crippen LogP contribution in [0.2, 0.25) is 0 Å². The van der Waals surface area contributed by atoms with Crippen LogP contribution in [-0.2, 0) is 4.74 Å². The highest BCUT2D eigenvalue weighted by Gasteiger charge is 2.35. The smallest absolute Gasteiger partial charge is 0.182 e. The Kier molecular flexibility index (Phi) is 3.93. The van der Waals surface area contributed by atoms with Crippen molar-refractivity contribution in [1.82, 2.24) is 5.48 Å². The van der Waals surface area contributed by atoms with E-state index < -0.39 is 0 Å². The SMILES string of the molecule is CC(C)(C)COC1(N[OH2+])CCCCC1. The summed E-state index contributed by atoms with van der Waals surface area (Å²) >= 11 is 0. The van der Waals surface area contributed by atoms with E-state index in [-0.39, 0.29) is 11.1 Å². The molecule has 0 aromatic carbocycles. The Balaban J connectivity index is 2.44. The van der Waals surface area contributed by atoms with E-state index in [4.69, 9.17) is 9.94 Å². The van der Waals surface area contributed by atoms with Crippen LogP contribution in [0.1, 0.15) is 52.9 Å². The molecule has 1 aliphatic carbocycles. The number of ether oxygens (including phenoxy) is 1. The maximum Gasteiger partial charge on any atom is 0.182 e. The Morgan fingerprint density at radius 2 is 1.79 bits per heavy atom. The highest BCUT2D eigenvalue weighted by Crippen LogP contribution is 2.30. The Labute approximate surface area is 86.8 Å². The van der Waals surface area contributed by atoms with Gasteiger partial charge in [-0.05, 0) is 31.1 Å². The second-order valence-electron chi connectivity index (χ2n) is 5.53. The second kappa shape index (κ2) is 4.60. The highest BCUT2D eigenvalue weighted by atomic mass is 16.6. The summed E-state index contributed by atoms with van der Waals surface area (Å²) in [4.78, 5) is 0. The average Bonchev–Trinajstić information content (AvgIpc) is 2.15. The van der Waals surface area contributed by atoms with Gasteiger partial charge in [-0.3, -0.25) is 0 Å². The molecule has 0 unspecified atom stereocenters. The maximum absolute atomic E-state index is 7.38. The van der Waals surface area contributed by atoms with Crippen molar-refractivity contribution in [2.75, 3.05) is 6.61 Å². The minimum absolute atomic E-state index is 0.182. The van der Waals surface area contributed by atoms with Crippen LogP contribution in [0.4, 0.5) is 0 Å². The van der Waals surface area contributed by atoms with Crippen LogP contribution < -0.4 is 5.48 Å². The van der Waals surface area contributed by atoms with Gasteiger partial charge in [0.2, 0.25) is 0 Å². The van der Waals surface area contributed by atoms with Crippen LogP contribution in [0.15, 0.2) is 0 Å². The molecule has 0 radical (unpaired) electrons. The summed E-state index contributed by atoms with van der Waals surface area (Å²) in [5.74, 6) is 0. The summed E-state index contributed by atoms with van der Waals surface area (Å²) in [5, 5.41) is 7.38. The summed E-state index contributed by atoms with van der Waals surface area (Å²) in [6.45, 7) is 7.20. The molecule has 3 nitrogen and oxygen atoms in total. The normalized spacial score (nSPS) is 22.3. The van der Waals surface area contributed by atoms with Crippen LogP contribution in [-0.4, -0.2) is 17.5 Å². The predicted molar refractivity (Wildman–Crippen MR) is 58.0 cm³/mol. The molecule has 0 amide bonds. The first kappa shape index (κ1) is 12.0. The van der Waals surface area contributed by atoms with Gasteiger partial charge in [-0.15, -0.1) is 0 Å². The molecule has 0 atom stereocenters. The fraction of sp³-hybridized carbons (Fsp3) is 1.00. The lowest BCUT2D eigenvalue weighted by atomic mass is 9.91. The van der Waals surface area contributed by atoms with Crippen molar-refractivity contribution in [2.45, 2.75) is 58.6 Å². The van der Waals surface area contributed by atoms with Crippen molar-refractivity contribution < 1.29 is 9.94 Å². The summed E-state index contributed by atoms with van der Waals surface area (Å²) < 4.78 is 5.89. The molecule has 1 aliphatic rings. The van der Waals surface area contributed by atoms with Gasteiger partial charge in [0.05, 0.1) is 6.61 Å². The van der Waals surface area contributed by atoms with Crippen LogP contribution in [0.5, 0.6) is 0 Å². The lowest BCUT2D eigenvalue weighted by molar-refractivity contribution is -0.171. The van der Waals surface area contributed by atoms with E-state index in [0.29, 0.717) is 0 Å². The third-order valence-corrected chi connectivity index (χ3v) is 2.67. The Hall–Kier alpha value is -0.120. The number of hydroxylamine groups is 1. The van der Waals surface area contributed by atoms with E-state index in [1.165, 1.54) is 19.3 Å². The van der Waals surface area contributed by atoms with Gasteiger partial charge in [-0.2, -0.15) is 0 Å². The molecular formula is C11H24NO2+. The zero-order valence-corrected chi connectivity index (χ0v) is 9.65. The van der Waals surface area contributed by atoms with Crippen molar-refractivity contribution in [1.29, 1.82) is 0 Å². The molecule has 0 aliphatic heterocycles. The topological polar surface area (TPSA) is 44.2 Å². The second-order valence-corrected chi connectivity index (χ2v) is 5.53. The summed E-state index contributed by atoms with van der Waals surface area (Å²) in [5.41, 5.74) is 2.44. The fourth-order valence-corrected chi connectivity index (χ4v) is 1.78. The highest BCUT2D eigenvalue weighted by molar-refractivity contribution is 4.79. The number of hydrogen-bond acceptors (Lipinski definition) is 2. The Morgan fingerprint density at radius 3 is 2.21 bits per heavy atom. The van der Waals surface area contributed by atoms with E-state index in [9.17, 15) is 0 Å². The van der Waals surface area contributed by atoms with Crippen molar-refractivity contribution in [2.24, 2.45) is 5.41 Å². The quantitative estimate of drug-likeness (QED) is 0.432. The Morgan fingerprint density at radius 1 is 1.21 bits per heavy atom. The maximum atomic E-state index is 7.38. The molecule has 0 heterocycles. The van der Waals surface area contributed by atoms with Gasteiger partial charge in [-0.1, -0.05) is 32.7 Å². The van der Waals surface area contributed by atoms with E-state index in [2.05, 4.69) is 26.3 Å². The van der Waals surface area contributed by atoms with E-state index in [1.54, 1.807) is 0 Å². The minimum atomic E-state index is -0.356. The number of nitrogens with one attached hydrogen (secondary N) is 1. The molecule has 1 saturated carbocycles. The fourth-order valence-electron chi connectivity index (χ4n) is 1.78. The molecule has 0 aromatic rings. The minimum Gasteiger partial charge on any atom is -0.353 e. The lowest BCUT2D eigenvalue weighted by Crippen LogP contribution is -2.48. The van der Waals surface area contributed by atoms with Gasteiger partial charge in [0.15, 0.2) is 5.72 Å². The van der Waals surface area contributed by atoms with Crippen LogP contribution in [0, 0.1) is 5.41 Å². The lowest BCUT2D eigenvalue weighted by Gasteiger charge is -2.35. The molecular weight excluding hydrogens is 178 g/mol. The molecule has 3 heteroatoms. The third kappa shape index (κ3) is 3.56. The monoisotopic (exact) mass is 202 g/mol. The van der Waals surface area contributed by atoms with Gasteiger partial charge in [-0.25, -0.2) is 0 Å². The van der Waals surface area contributed by atoms with E-state index in [0.717, 1.165) is 19.4 Å². The van der Waals surface area contributed by atoms with Crippen LogP contribution >= 0.6 is 0 Å². The molecule has 0 spiro atoms. The summed E-state index contributed by atoms with van der Waals surface area (Å²) in [7, 11) is 0. The summed E-state index contributed by atoms with van der Waals surface area (Å²) in [6.07, 6.45) is 5.59. The van der Waals surface area contributed by atoms with Gasteiger partial charge >= 0.3 is 0 Å². The molecule has 0 saturated heterocycles. The molecule has 84 valence electrons. The molecule has 0 aromatic heterocycles. The number of hydrogen-bond donors (Lipinski definition) is 1. The molecule has 3 N–H and O–H groups in total. The van der Waals surface area contributed by atoms with Gasteiger partial charge in [0.1, 0.15) is 0 Å². The van der Waals surface area contributed by atoms with Crippen molar-refractivity contribution >= 4 is 0 Å². The predicted octanol–water partition coefficient (Wildman–Crippen LogP) is 1.94. The first-order chi connectivity index (χ1) is 6.47. The van der Waals surface area contributed by atoms with E-state index >= 15 is 0 Å². The molecule has 1 fully saturated rings. The van der Waals surface area contributed by atoms with Crippen molar-refractivity contribution in [3.63, 3.8) is 0 Å². The molecule has 14 heavy (non-hydrogen) atoms. The van der Waals surface area contributed by atoms with Gasteiger partial charge in [0.25, 0.3) is 0 Å².